The van der Waals surface area contributed by atoms with Crippen molar-refractivity contribution in [1.82, 2.24) is 0 Å². The highest BCUT2D eigenvalue weighted by Crippen LogP contribution is 2.33. The molecule has 0 aromatic heterocycles. The molecular weight excluding hydrogens is 291 g/mol. The van der Waals surface area contributed by atoms with Gasteiger partial charge in [0.2, 0.25) is 0 Å². The summed E-state index contributed by atoms with van der Waals surface area (Å²) in [6, 6.07) is 7.61. The summed E-state index contributed by atoms with van der Waals surface area (Å²) < 4.78 is 36.9. The Morgan fingerprint density at radius 3 is 2.79 bits per heavy atom. The van der Waals surface area contributed by atoms with Crippen LogP contribution in [0.25, 0.3) is 0 Å². The minimum Gasteiger partial charge on any atom is -0.381 e. The number of hydrogen-bond acceptors (Lipinski definition) is 3. The van der Waals surface area contributed by atoms with Crippen LogP contribution in [0.4, 0.5) is 18.9 Å². The first-order chi connectivity index (χ1) is 9.04. The monoisotopic (exact) mass is 307 g/mol. The molecule has 106 valence electrons. The highest BCUT2D eigenvalue weighted by molar-refractivity contribution is 7.99. The molecule has 1 fully saturated rings. The summed E-state index contributed by atoms with van der Waals surface area (Å²) >= 11 is 2.74. The van der Waals surface area contributed by atoms with E-state index in [0.717, 1.165) is 29.6 Å². The van der Waals surface area contributed by atoms with E-state index in [2.05, 4.69) is 5.32 Å². The Bertz CT molecular complexity index is 403. The van der Waals surface area contributed by atoms with Gasteiger partial charge in [-0.2, -0.15) is 24.9 Å². The van der Waals surface area contributed by atoms with Gasteiger partial charge in [-0.15, -0.1) is 11.8 Å². The van der Waals surface area contributed by atoms with Crippen LogP contribution in [0.3, 0.4) is 0 Å². The van der Waals surface area contributed by atoms with Crippen LogP contribution < -0.4 is 5.32 Å². The first-order valence-electron chi connectivity index (χ1n) is 6.17. The molecule has 0 aliphatic carbocycles. The first kappa shape index (κ1) is 14.9. The molecule has 19 heavy (non-hydrogen) atoms. The predicted octanol–water partition coefficient (Wildman–Crippen LogP) is 4.65. The molecule has 1 aromatic rings. The predicted molar refractivity (Wildman–Crippen MR) is 77.2 cm³/mol. The van der Waals surface area contributed by atoms with Gasteiger partial charge in [0.15, 0.2) is 0 Å². The molecule has 1 heterocycles. The van der Waals surface area contributed by atoms with Crippen molar-refractivity contribution in [2.45, 2.75) is 30.0 Å². The van der Waals surface area contributed by atoms with Gasteiger partial charge in [0.1, 0.15) is 0 Å². The number of hydrogen-bond donors (Lipinski definition) is 1. The molecule has 1 aliphatic heterocycles. The summed E-state index contributed by atoms with van der Waals surface area (Å²) in [6.07, 6.45) is -1.87. The summed E-state index contributed by atoms with van der Waals surface area (Å²) in [5, 5.41) is 3.38. The maximum absolute atomic E-state index is 12.3. The Morgan fingerprint density at radius 2 is 2.11 bits per heavy atom. The van der Waals surface area contributed by atoms with Crippen LogP contribution in [-0.2, 0) is 0 Å². The van der Waals surface area contributed by atoms with E-state index in [1.165, 1.54) is 12.2 Å². The van der Waals surface area contributed by atoms with Gasteiger partial charge in [-0.05, 0) is 30.7 Å². The number of anilines is 1. The summed E-state index contributed by atoms with van der Waals surface area (Å²) in [5.41, 5.74) is 0.823. The lowest BCUT2D eigenvalue weighted by atomic mass is 10.1. The SMILES string of the molecule is FC(F)(F)CSc1ccccc1NC1CCCSC1. The minimum absolute atomic E-state index is 0.367. The van der Waals surface area contributed by atoms with Gasteiger partial charge in [-0.1, -0.05) is 12.1 Å². The highest BCUT2D eigenvalue weighted by Gasteiger charge is 2.27. The molecule has 0 saturated carbocycles. The molecule has 2 rings (SSSR count). The quantitative estimate of drug-likeness (QED) is 0.813. The van der Waals surface area contributed by atoms with Crippen molar-refractivity contribution in [3.63, 3.8) is 0 Å². The van der Waals surface area contributed by atoms with E-state index in [9.17, 15) is 13.2 Å². The van der Waals surface area contributed by atoms with Crippen LogP contribution in [0.15, 0.2) is 29.2 Å². The molecule has 1 unspecified atom stereocenters. The fourth-order valence-electron chi connectivity index (χ4n) is 1.95. The summed E-state index contributed by atoms with van der Waals surface area (Å²) in [6.45, 7) is 0. The average molecular weight is 307 g/mol. The fraction of sp³-hybridized carbons (Fsp3) is 0.538. The van der Waals surface area contributed by atoms with Gasteiger partial charge >= 0.3 is 6.18 Å². The van der Waals surface area contributed by atoms with Gasteiger partial charge in [0.05, 0.1) is 5.75 Å². The maximum atomic E-state index is 12.3. The molecule has 1 saturated heterocycles. The number of para-hydroxylation sites is 1. The summed E-state index contributed by atoms with van der Waals surface area (Å²) in [5.74, 6) is 1.37. The van der Waals surface area contributed by atoms with Crippen LogP contribution in [-0.4, -0.2) is 29.5 Å². The van der Waals surface area contributed by atoms with Crippen molar-refractivity contribution in [3.05, 3.63) is 24.3 Å². The van der Waals surface area contributed by atoms with Crippen LogP contribution in [0.5, 0.6) is 0 Å². The molecule has 1 aliphatic rings. The van der Waals surface area contributed by atoms with E-state index in [0.29, 0.717) is 10.9 Å². The largest absolute Gasteiger partial charge is 0.398 e. The van der Waals surface area contributed by atoms with Crippen molar-refractivity contribution in [1.29, 1.82) is 0 Å². The third-order valence-electron chi connectivity index (χ3n) is 2.80. The van der Waals surface area contributed by atoms with E-state index in [4.69, 9.17) is 0 Å². The minimum atomic E-state index is -4.13. The number of benzene rings is 1. The van der Waals surface area contributed by atoms with Crippen LogP contribution in [0.2, 0.25) is 0 Å². The highest BCUT2D eigenvalue weighted by atomic mass is 32.2. The van der Waals surface area contributed by atoms with Crippen molar-refractivity contribution in [2.24, 2.45) is 0 Å². The topological polar surface area (TPSA) is 12.0 Å². The molecule has 1 atom stereocenters. The zero-order chi connectivity index (χ0) is 13.7. The molecule has 6 heteroatoms. The van der Waals surface area contributed by atoms with E-state index in [1.807, 2.05) is 23.9 Å². The summed E-state index contributed by atoms with van der Waals surface area (Å²) in [4.78, 5) is 0.676. The standard InChI is InChI=1S/C13H16F3NS2/c14-13(15,16)9-19-12-6-2-1-5-11(12)17-10-4-3-7-18-8-10/h1-2,5-6,10,17H,3-4,7-9H2. The lowest BCUT2D eigenvalue weighted by Crippen LogP contribution is -2.26. The zero-order valence-electron chi connectivity index (χ0n) is 10.4. The Balaban J connectivity index is 1.99. The van der Waals surface area contributed by atoms with Gasteiger partial charge < -0.3 is 5.32 Å². The number of alkyl halides is 3. The van der Waals surface area contributed by atoms with Crippen LogP contribution in [0, 0.1) is 0 Å². The van der Waals surface area contributed by atoms with Crippen LogP contribution in [0.1, 0.15) is 12.8 Å². The second-order valence-corrected chi connectivity index (χ2v) is 6.63. The molecule has 0 radical (unpaired) electrons. The molecule has 1 N–H and O–H groups in total. The molecular formula is C13H16F3NS2. The van der Waals surface area contributed by atoms with Crippen molar-refractivity contribution < 1.29 is 13.2 Å². The number of thioether (sulfide) groups is 2. The Hall–Kier alpha value is -0.490. The Labute approximate surface area is 119 Å². The summed E-state index contributed by atoms with van der Waals surface area (Å²) in [7, 11) is 0. The molecule has 0 amide bonds. The Morgan fingerprint density at radius 1 is 1.32 bits per heavy atom. The lowest BCUT2D eigenvalue weighted by molar-refractivity contribution is -0.105. The fourth-order valence-corrected chi connectivity index (χ4v) is 3.79. The second-order valence-electron chi connectivity index (χ2n) is 4.46. The average Bonchev–Trinajstić information content (AvgIpc) is 2.38. The Kier molecular flexibility index (Phi) is 5.33. The second kappa shape index (κ2) is 6.79. The normalized spacial score (nSPS) is 20.3. The molecule has 1 nitrogen and oxygen atoms in total. The van der Waals surface area contributed by atoms with E-state index in [-0.39, 0.29) is 0 Å². The van der Waals surface area contributed by atoms with Crippen molar-refractivity contribution >= 4 is 29.2 Å². The van der Waals surface area contributed by atoms with Gasteiger partial charge in [-0.25, -0.2) is 0 Å². The van der Waals surface area contributed by atoms with Gasteiger partial charge in [0, 0.05) is 22.4 Å². The van der Waals surface area contributed by atoms with E-state index >= 15 is 0 Å². The van der Waals surface area contributed by atoms with Crippen LogP contribution >= 0.6 is 23.5 Å². The number of rotatable bonds is 4. The zero-order valence-corrected chi connectivity index (χ0v) is 12.0. The first-order valence-corrected chi connectivity index (χ1v) is 8.31. The van der Waals surface area contributed by atoms with Gasteiger partial charge in [-0.3, -0.25) is 0 Å². The molecule has 1 aromatic carbocycles. The maximum Gasteiger partial charge on any atom is 0.398 e. The number of halogens is 3. The van der Waals surface area contributed by atoms with Crippen molar-refractivity contribution in [3.8, 4) is 0 Å². The molecule has 0 spiro atoms. The third kappa shape index (κ3) is 5.18. The third-order valence-corrected chi connectivity index (χ3v) is 5.15. The van der Waals surface area contributed by atoms with E-state index < -0.39 is 11.9 Å². The number of nitrogens with one attached hydrogen (secondary N) is 1. The molecule has 0 bridgehead atoms. The van der Waals surface area contributed by atoms with Crippen molar-refractivity contribution in [2.75, 3.05) is 22.6 Å². The lowest BCUT2D eigenvalue weighted by Gasteiger charge is -2.24. The van der Waals surface area contributed by atoms with Gasteiger partial charge in [0.25, 0.3) is 0 Å². The van der Waals surface area contributed by atoms with E-state index in [1.54, 1.807) is 12.1 Å². The smallest absolute Gasteiger partial charge is 0.381 e.